The van der Waals surface area contributed by atoms with Gasteiger partial charge in [0.2, 0.25) is 5.91 Å². The van der Waals surface area contributed by atoms with Crippen LogP contribution in [0, 0.1) is 0 Å². The molecule has 0 radical (unpaired) electrons. The molecular weight excluding hydrogens is 288 g/mol. The van der Waals surface area contributed by atoms with E-state index in [1.54, 1.807) is 7.11 Å². The van der Waals surface area contributed by atoms with Crippen molar-refractivity contribution in [2.24, 2.45) is 0 Å². The van der Waals surface area contributed by atoms with E-state index >= 15 is 0 Å². The first-order valence-electron chi connectivity index (χ1n) is 7.99. The second-order valence-electron chi connectivity index (χ2n) is 5.92. The summed E-state index contributed by atoms with van der Waals surface area (Å²) >= 11 is 0. The second-order valence-corrected chi connectivity index (χ2v) is 5.92. The molecule has 1 aliphatic rings. The molecule has 4 nitrogen and oxygen atoms in total. The highest BCUT2D eigenvalue weighted by Crippen LogP contribution is 2.25. The first kappa shape index (κ1) is 15.4. The van der Waals surface area contributed by atoms with Crippen molar-refractivity contribution in [1.82, 2.24) is 0 Å². The molecule has 0 bridgehead atoms. The minimum atomic E-state index is -0.309. The summed E-state index contributed by atoms with van der Waals surface area (Å²) in [6, 6.07) is 13.4. The van der Waals surface area contributed by atoms with Gasteiger partial charge in [-0.05, 0) is 73.7 Å². The fourth-order valence-corrected chi connectivity index (χ4v) is 2.90. The Kier molecular flexibility index (Phi) is 4.51. The van der Waals surface area contributed by atoms with E-state index < -0.39 is 0 Å². The number of fused-ring (bicyclic) bond motifs is 1. The molecular formula is C19H22N2O2. The lowest BCUT2D eigenvalue weighted by molar-refractivity contribution is -0.116. The summed E-state index contributed by atoms with van der Waals surface area (Å²) in [6.45, 7) is 1.87. The van der Waals surface area contributed by atoms with Crippen LogP contribution < -0.4 is 15.4 Å². The third kappa shape index (κ3) is 3.65. The van der Waals surface area contributed by atoms with Gasteiger partial charge in [-0.1, -0.05) is 6.07 Å². The monoisotopic (exact) mass is 310 g/mol. The molecule has 0 aliphatic heterocycles. The summed E-state index contributed by atoms with van der Waals surface area (Å²) in [5.74, 6) is 0.711. The second kappa shape index (κ2) is 6.73. The normalized spacial score (nSPS) is 14.0. The van der Waals surface area contributed by atoms with Crippen molar-refractivity contribution in [2.45, 2.75) is 32.2 Å². The van der Waals surface area contributed by atoms with Crippen LogP contribution in [-0.2, 0) is 17.6 Å². The number of methoxy groups -OCH3 is 1. The first-order valence-corrected chi connectivity index (χ1v) is 7.99. The van der Waals surface area contributed by atoms with E-state index in [-0.39, 0.29) is 11.9 Å². The maximum atomic E-state index is 12.3. The van der Waals surface area contributed by atoms with Crippen molar-refractivity contribution in [3.8, 4) is 5.75 Å². The van der Waals surface area contributed by atoms with Crippen LogP contribution in [0.25, 0.3) is 0 Å². The maximum Gasteiger partial charge on any atom is 0.246 e. The molecule has 1 atom stereocenters. The zero-order chi connectivity index (χ0) is 16.2. The van der Waals surface area contributed by atoms with Crippen LogP contribution in [0.2, 0.25) is 0 Å². The number of rotatable bonds is 5. The number of nitrogens with one attached hydrogen (secondary N) is 2. The zero-order valence-electron chi connectivity index (χ0n) is 13.6. The van der Waals surface area contributed by atoms with Gasteiger partial charge < -0.3 is 15.4 Å². The Labute approximate surface area is 136 Å². The van der Waals surface area contributed by atoms with E-state index in [1.807, 2.05) is 31.2 Å². The van der Waals surface area contributed by atoms with Crippen molar-refractivity contribution in [2.75, 3.05) is 17.7 Å². The van der Waals surface area contributed by atoms with Crippen LogP contribution in [0.3, 0.4) is 0 Å². The van der Waals surface area contributed by atoms with Gasteiger partial charge in [0, 0.05) is 11.4 Å². The summed E-state index contributed by atoms with van der Waals surface area (Å²) in [5, 5.41) is 6.19. The van der Waals surface area contributed by atoms with Gasteiger partial charge in [0.1, 0.15) is 11.8 Å². The van der Waals surface area contributed by atoms with Crippen LogP contribution >= 0.6 is 0 Å². The minimum Gasteiger partial charge on any atom is -0.497 e. The van der Waals surface area contributed by atoms with Gasteiger partial charge in [-0.15, -0.1) is 0 Å². The molecule has 0 spiro atoms. The van der Waals surface area contributed by atoms with Gasteiger partial charge in [-0.2, -0.15) is 0 Å². The Morgan fingerprint density at radius 3 is 2.48 bits per heavy atom. The van der Waals surface area contributed by atoms with Gasteiger partial charge >= 0.3 is 0 Å². The predicted molar refractivity (Wildman–Crippen MR) is 93.2 cm³/mol. The Morgan fingerprint density at radius 2 is 1.74 bits per heavy atom. The lowest BCUT2D eigenvalue weighted by atomic mass is 10.1. The fourth-order valence-electron chi connectivity index (χ4n) is 2.90. The van der Waals surface area contributed by atoms with Crippen LogP contribution in [-0.4, -0.2) is 19.1 Å². The van der Waals surface area contributed by atoms with Crippen molar-refractivity contribution in [1.29, 1.82) is 0 Å². The van der Waals surface area contributed by atoms with Crippen molar-refractivity contribution < 1.29 is 9.53 Å². The highest BCUT2D eigenvalue weighted by atomic mass is 16.5. The summed E-state index contributed by atoms with van der Waals surface area (Å²) in [7, 11) is 1.62. The van der Waals surface area contributed by atoms with E-state index in [9.17, 15) is 4.79 Å². The van der Waals surface area contributed by atoms with E-state index in [0.717, 1.165) is 23.5 Å². The van der Waals surface area contributed by atoms with Gasteiger partial charge in [-0.25, -0.2) is 0 Å². The Bertz CT molecular complexity index is 695. The van der Waals surface area contributed by atoms with Crippen LogP contribution in [0.5, 0.6) is 5.75 Å². The lowest BCUT2D eigenvalue weighted by Gasteiger charge is -2.16. The molecule has 2 N–H and O–H groups in total. The van der Waals surface area contributed by atoms with Crippen molar-refractivity contribution in [3.05, 3.63) is 53.6 Å². The van der Waals surface area contributed by atoms with Gasteiger partial charge in [0.05, 0.1) is 7.11 Å². The van der Waals surface area contributed by atoms with E-state index in [2.05, 4.69) is 28.8 Å². The van der Waals surface area contributed by atoms with Crippen molar-refractivity contribution in [3.63, 3.8) is 0 Å². The number of amides is 1. The van der Waals surface area contributed by atoms with E-state index in [1.165, 1.54) is 24.0 Å². The topological polar surface area (TPSA) is 50.4 Å². The number of carbonyl (C=O) groups excluding carboxylic acids is 1. The Morgan fingerprint density at radius 1 is 1.04 bits per heavy atom. The number of carbonyl (C=O) groups is 1. The molecule has 1 aliphatic carbocycles. The zero-order valence-corrected chi connectivity index (χ0v) is 13.6. The molecule has 0 aromatic heterocycles. The third-order valence-corrected chi connectivity index (χ3v) is 4.23. The van der Waals surface area contributed by atoms with E-state index in [4.69, 9.17) is 4.74 Å². The number of hydrogen-bond acceptors (Lipinski definition) is 3. The number of hydrogen-bond donors (Lipinski definition) is 2. The molecule has 0 fully saturated rings. The third-order valence-electron chi connectivity index (χ3n) is 4.23. The summed E-state index contributed by atoms with van der Waals surface area (Å²) in [6.07, 6.45) is 3.53. The first-order chi connectivity index (χ1) is 11.2. The molecule has 0 saturated heterocycles. The van der Waals surface area contributed by atoms with Gasteiger partial charge in [0.25, 0.3) is 0 Å². The molecule has 3 rings (SSSR count). The molecule has 0 unspecified atom stereocenters. The minimum absolute atomic E-state index is 0.0596. The quantitative estimate of drug-likeness (QED) is 0.887. The molecule has 2 aromatic carbocycles. The Hall–Kier alpha value is -2.49. The predicted octanol–water partition coefficient (Wildman–Crippen LogP) is 3.62. The Balaban J connectivity index is 1.60. The smallest absolute Gasteiger partial charge is 0.246 e. The van der Waals surface area contributed by atoms with Crippen LogP contribution in [0.15, 0.2) is 42.5 Å². The molecule has 0 saturated carbocycles. The number of anilines is 2. The van der Waals surface area contributed by atoms with Crippen molar-refractivity contribution >= 4 is 17.3 Å². The standard InChI is InChI=1S/C19H22N2O2/c1-13(19(22)21-16-8-10-18(23-2)11-9-16)20-17-7-6-14-4-3-5-15(14)12-17/h6-13,20H,3-5H2,1-2H3,(H,21,22)/t13-/m0/s1. The van der Waals surface area contributed by atoms with Crippen LogP contribution in [0.4, 0.5) is 11.4 Å². The lowest BCUT2D eigenvalue weighted by Crippen LogP contribution is -2.31. The largest absolute Gasteiger partial charge is 0.497 e. The molecule has 0 heterocycles. The van der Waals surface area contributed by atoms with Crippen LogP contribution in [0.1, 0.15) is 24.5 Å². The highest BCUT2D eigenvalue weighted by Gasteiger charge is 2.15. The molecule has 23 heavy (non-hydrogen) atoms. The van der Waals surface area contributed by atoms with E-state index in [0.29, 0.717) is 0 Å². The van der Waals surface area contributed by atoms with Gasteiger partial charge in [-0.3, -0.25) is 4.79 Å². The molecule has 4 heteroatoms. The summed E-state index contributed by atoms with van der Waals surface area (Å²) < 4.78 is 5.11. The molecule has 2 aromatic rings. The fraction of sp³-hybridized carbons (Fsp3) is 0.316. The average Bonchev–Trinajstić information content (AvgIpc) is 3.03. The molecule has 1 amide bonds. The highest BCUT2D eigenvalue weighted by molar-refractivity contribution is 5.96. The molecule has 120 valence electrons. The summed E-state index contributed by atoms with van der Waals surface area (Å²) in [5.41, 5.74) is 4.60. The number of benzene rings is 2. The maximum absolute atomic E-state index is 12.3. The SMILES string of the molecule is COc1ccc(NC(=O)[C@H](C)Nc2ccc3c(c2)CCC3)cc1. The average molecular weight is 310 g/mol. The summed E-state index contributed by atoms with van der Waals surface area (Å²) in [4.78, 5) is 12.3. The number of aryl methyl sites for hydroxylation is 2. The number of ether oxygens (including phenoxy) is 1. The van der Waals surface area contributed by atoms with Gasteiger partial charge in [0.15, 0.2) is 0 Å².